The molecule has 0 bridgehead atoms. The molecule has 0 aliphatic heterocycles. The first-order valence-electron chi connectivity index (χ1n) is 6.06. The fraction of sp³-hybridized carbons (Fsp3) is 0.200. The van der Waals surface area contributed by atoms with Crippen molar-refractivity contribution in [2.24, 2.45) is 0 Å². The van der Waals surface area contributed by atoms with Crippen LogP contribution in [-0.2, 0) is 13.0 Å². The highest BCUT2D eigenvalue weighted by Crippen LogP contribution is 2.23. The summed E-state index contributed by atoms with van der Waals surface area (Å²) in [5.41, 5.74) is 3.28. The molecule has 2 aromatic carbocycles. The number of halogens is 3. The van der Waals surface area contributed by atoms with E-state index in [9.17, 15) is 4.39 Å². The Morgan fingerprint density at radius 2 is 2.00 bits per heavy atom. The van der Waals surface area contributed by atoms with Crippen molar-refractivity contribution in [2.45, 2.75) is 19.9 Å². The van der Waals surface area contributed by atoms with Crippen molar-refractivity contribution < 1.29 is 4.39 Å². The first kappa shape index (κ1) is 14.4. The fourth-order valence-corrected chi connectivity index (χ4v) is 2.49. The Kier molecular flexibility index (Phi) is 4.83. The summed E-state index contributed by atoms with van der Waals surface area (Å²) >= 11 is 9.23. The van der Waals surface area contributed by atoms with Crippen LogP contribution in [0.15, 0.2) is 40.9 Å². The first-order chi connectivity index (χ1) is 9.10. The molecule has 0 radical (unpaired) electrons. The molecule has 0 amide bonds. The van der Waals surface area contributed by atoms with Gasteiger partial charge in [-0.25, -0.2) is 4.39 Å². The number of aryl methyl sites for hydroxylation is 1. The zero-order valence-electron chi connectivity index (χ0n) is 10.5. The molecular formula is C15H14BrClFN. The molecule has 100 valence electrons. The van der Waals surface area contributed by atoms with E-state index in [4.69, 9.17) is 11.6 Å². The summed E-state index contributed by atoms with van der Waals surface area (Å²) in [6.45, 7) is 2.73. The van der Waals surface area contributed by atoms with Crippen LogP contribution < -0.4 is 5.32 Å². The second-order valence-electron chi connectivity index (χ2n) is 4.26. The van der Waals surface area contributed by atoms with Crippen molar-refractivity contribution >= 4 is 33.2 Å². The molecule has 0 saturated heterocycles. The average Bonchev–Trinajstić information content (AvgIpc) is 2.41. The number of benzene rings is 2. The zero-order chi connectivity index (χ0) is 13.8. The van der Waals surface area contributed by atoms with E-state index in [1.54, 1.807) is 12.1 Å². The number of anilines is 1. The van der Waals surface area contributed by atoms with Crippen LogP contribution in [0, 0.1) is 5.82 Å². The number of hydrogen-bond acceptors (Lipinski definition) is 1. The van der Waals surface area contributed by atoms with Crippen LogP contribution in [0.3, 0.4) is 0 Å². The smallest absolute Gasteiger partial charge is 0.141 e. The lowest BCUT2D eigenvalue weighted by Gasteiger charge is -2.12. The summed E-state index contributed by atoms with van der Waals surface area (Å²) in [5, 5.41) is 3.51. The molecule has 0 spiro atoms. The van der Waals surface area contributed by atoms with Crippen LogP contribution in [0.2, 0.25) is 5.02 Å². The molecule has 4 heteroatoms. The molecule has 0 unspecified atom stereocenters. The number of nitrogens with one attached hydrogen (secondary N) is 1. The predicted octanol–water partition coefficient (Wildman–Crippen LogP) is 5.42. The summed E-state index contributed by atoms with van der Waals surface area (Å²) in [7, 11) is 0. The topological polar surface area (TPSA) is 12.0 Å². The van der Waals surface area contributed by atoms with Gasteiger partial charge in [-0.3, -0.25) is 0 Å². The molecule has 0 saturated carbocycles. The molecule has 2 rings (SSSR count). The molecule has 0 fully saturated rings. The minimum Gasteiger partial charge on any atom is -0.381 e. The van der Waals surface area contributed by atoms with Gasteiger partial charge in [-0.05, 0) is 47.9 Å². The Morgan fingerprint density at radius 1 is 1.21 bits per heavy atom. The second-order valence-corrected chi connectivity index (χ2v) is 5.58. The van der Waals surface area contributed by atoms with Crippen LogP contribution in [-0.4, -0.2) is 0 Å². The molecular weight excluding hydrogens is 329 g/mol. The van der Waals surface area contributed by atoms with Gasteiger partial charge < -0.3 is 5.32 Å². The molecule has 19 heavy (non-hydrogen) atoms. The summed E-state index contributed by atoms with van der Waals surface area (Å²) in [6, 6.07) is 10.9. The highest BCUT2D eigenvalue weighted by Gasteiger charge is 2.03. The van der Waals surface area contributed by atoms with Gasteiger partial charge in [-0.1, -0.05) is 40.5 Å². The number of rotatable bonds is 4. The van der Waals surface area contributed by atoms with Crippen LogP contribution in [0.5, 0.6) is 0 Å². The van der Waals surface area contributed by atoms with Crippen molar-refractivity contribution in [3.63, 3.8) is 0 Å². The van der Waals surface area contributed by atoms with Gasteiger partial charge in [0.25, 0.3) is 0 Å². The normalized spacial score (nSPS) is 10.5. The van der Waals surface area contributed by atoms with Gasteiger partial charge in [-0.2, -0.15) is 0 Å². The minimum absolute atomic E-state index is 0.158. The lowest BCUT2D eigenvalue weighted by molar-refractivity contribution is 0.627. The molecule has 0 aliphatic rings. The highest BCUT2D eigenvalue weighted by atomic mass is 79.9. The van der Waals surface area contributed by atoms with E-state index in [0.717, 1.165) is 22.1 Å². The summed E-state index contributed by atoms with van der Waals surface area (Å²) in [4.78, 5) is 0. The van der Waals surface area contributed by atoms with Crippen molar-refractivity contribution in [1.29, 1.82) is 0 Å². The molecule has 0 aromatic heterocycles. The van der Waals surface area contributed by atoms with Crippen molar-refractivity contribution in [3.05, 3.63) is 62.8 Å². The van der Waals surface area contributed by atoms with Gasteiger partial charge in [0.15, 0.2) is 0 Å². The number of hydrogen-bond donors (Lipinski definition) is 1. The lowest BCUT2D eigenvalue weighted by atomic mass is 10.1. The second kappa shape index (κ2) is 6.40. The van der Waals surface area contributed by atoms with Gasteiger partial charge in [0.2, 0.25) is 0 Å². The maximum Gasteiger partial charge on any atom is 0.141 e. The first-order valence-corrected chi connectivity index (χ1v) is 7.23. The molecule has 1 N–H and O–H groups in total. The van der Waals surface area contributed by atoms with E-state index in [-0.39, 0.29) is 10.8 Å². The standard InChI is InChI=1S/C15H14BrClFN/c1-2-11-8-12(16)4-6-15(11)19-9-10-3-5-14(18)13(17)7-10/h3-8,19H,2,9H2,1H3. The van der Waals surface area contributed by atoms with E-state index in [1.807, 2.05) is 12.1 Å². The fourth-order valence-electron chi connectivity index (χ4n) is 1.87. The summed E-state index contributed by atoms with van der Waals surface area (Å²) < 4.78 is 14.1. The summed E-state index contributed by atoms with van der Waals surface area (Å²) in [5.74, 6) is -0.386. The van der Waals surface area contributed by atoms with E-state index in [2.05, 4.69) is 34.2 Å². The third-order valence-corrected chi connectivity index (χ3v) is 3.70. The average molecular weight is 343 g/mol. The van der Waals surface area contributed by atoms with Crippen LogP contribution in [0.4, 0.5) is 10.1 Å². The largest absolute Gasteiger partial charge is 0.381 e. The van der Waals surface area contributed by atoms with E-state index in [0.29, 0.717) is 6.54 Å². The Balaban J connectivity index is 2.12. The monoisotopic (exact) mass is 341 g/mol. The van der Waals surface area contributed by atoms with Crippen LogP contribution >= 0.6 is 27.5 Å². The third-order valence-electron chi connectivity index (χ3n) is 2.92. The minimum atomic E-state index is -0.386. The van der Waals surface area contributed by atoms with E-state index in [1.165, 1.54) is 11.6 Å². The SMILES string of the molecule is CCc1cc(Br)ccc1NCc1ccc(F)c(Cl)c1. The van der Waals surface area contributed by atoms with Gasteiger partial charge in [-0.15, -0.1) is 0 Å². The summed E-state index contributed by atoms with van der Waals surface area (Å²) in [6.07, 6.45) is 0.950. The quantitative estimate of drug-likeness (QED) is 0.782. The Bertz CT molecular complexity index is 586. The molecule has 0 heterocycles. The zero-order valence-corrected chi connectivity index (χ0v) is 12.9. The molecule has 2 aromatic rings. The van der Waals surface area contributed by atoms with Crippen LogP contribution in [0.1, 0.15) is 18.1 Å². The third kappa shape index (κ3) is 3.71. The molecule has 0 aliphatic carbocycles. The van der Waals surface area contributed by atoms with Gasteiger partial charge in [0, 0.05) is 16.7 Å². The Morgan fingerprint density at radius 3 is 2.68 bits per heavy atom. The van der Waals surface area contributed by atoms with Crippen LogP contribution in [0.25, 0.3) is 0 Å². The maximum absolute atomic E-state index is 13.1. The maximum atomic E-state index is 13.1. The van der Waals surface area contributed by atoms with Crippen molar-refractivity contribution in [2.75, 3.05) is 5.32 Å². The Labute approximate surface area is 125 Å². The highest BCUT2D eigenvalue weighted by molar-refractivity contribution is 9.10. The molecule has 1 nitrogen and oxygen atoms in total. The Hall–Kier alpha value is -1.06. The predicted molar refractivity (Wildman–Crippen MR) is 82.3 cm³/mol. The van der Waals surface area contributed by atoms with E-state index < -0.39 is 0 Å². The van der Waals surface area contributed by atoms with E-state index >= 15 is 0 Å². The van der Waals surface area contributed by atoms with Gasteiger partial charge in [0.1, 0.15) is 5.82 Å². The van der Waals surface area contributed by atoms with Gasteiger partial charge in [0.05, 0.1) is 5.02 Å². The van der Waals surface area contributed by atoms with Crippen molar-refractivity contribution in [3.8, 4) is 0 Å². The molecule has 0 atom stereocenters. The van der Waals surface area contributed by atoms with Crippen molar-refractivity contribution in [1.82, 2.24) is 0 Å². The van der Waals surface area contributed by atoms with Gasteiger partial charge >= 0.3 is 0 Å². The lowest BCUT2D eigenvalue weighted by Crippen LogP contribution is -2.02.